The van der Waals surface area contributed by atoms with E-state index in [1.807, 2.05) is 0 Å². The lowest BCUT2D eigenvalue weighted by Crippen LogP contribution is -2.45. The first-order valence-corrected chi connectivity index (χ1v) is 9.56. The molecule has 1 spiro atoms. The summed E-state index contributed by atoms with van der Waals surface area (Å²) < 4.78 is 0. The summed E-state index contributed by atoms with van der Waals surface area (Å²) in [6, 6.07) is 0.784. The molecule has 1 aliphatic carbocycles. The van der Waals surface area contributed by atoms with Gasteiger partial charge >= 0.3 is 0 Å². The number of likely N-dealkylation sites (tertiary alicyclic amines) is 1. The molecule has 0 amide bonds. The van der Waals surface area contributed by atoms with Crippen molar-refractivity contribution in [2.45, 2.75) is 84.6 Å². The molecule has 2 aliphatic rings. The van der Waals surface area contributed by atoms with Crippen molar-refractivity contribution in [1.29, 1.82) is 0 Å². The van der Waals surface area contributed by atoms with E-state index in [0.29, 0.717) is 0 Å². The first-order chi connectivity index (χ1) is 10.1. The molecule has 2 nitrogen and oxygen atoms in total. The van der Waals surface area contributed by atoms with Crippen LogP contribution >= 0.6 is 0 Å². The van der Waals surface area contributed by atoms with Crippen LogP contribution < -0.4 is 5.32 Å². The minimum atomic E-state index is 0.757. The SMILES string of the molecule is CC(C)CNCCCC(C)N1CCC2(CCCCC2)CC1. The molecule has 1 aliphatic heterocycles. The monoisotopic (exact) mass is 294 g/mol. The topological polar surface area (TPSA) is 15.3 Å². The predicted octanol–water partition coefficient (Wildman–Crippen LogP) is 4.45. The Morgan fingerprint density at radius 1 is 0.952 bits per heavy atom. The normalized spacial score (nSPS) is 24.6. The second kappa shape index (κ2) is 8.53. The average molecular weight is 295 g/mol. The van der Waals surface area contributed by atoms with Crippen LogP contribution in [0.25, 0.3) is 0 Å². The lowest BCUT2D eigenvalue weighted by molar-refractivity contribution is 0.0467. The summed E-state index contributed by atoms with van der Waals surface area (Å²) in [7, 11) is 0. The highest BCUT2D eigenvalue weighted by atomic mass is 15.2. The quantitative estimate of drug-likeness (QED) is 0.698. The Bertz CT molecular complexity index is 271. The van der Waals surface area contributed by atoms with E-state index < -0.39 is 0 Å². The van der Waals surface area contributed by atoms with Gasteiger partial charge in [0.1, 0.15) is 0 Å². The molecule has 1 N–H and O–H groups in total. The smallest absolute Gasteiger partial charge is 0.00674 e. The van der Waals surface area contributed by atoms with Gasteiger partial charge in [-0.25, -0.2) is 0 Å². The Morgan fingerprint density at radius 2 is 1.62 bits per heavy atom. The van der Waals surface area contributed by atoms with Gasteiger partial charge in [-0.2, -0.15) is 0 Å². The van der Waals surface area contributed by atoms with Crippen LogP contribution in [0.4, 0.5) is 0 Å². The third-order valence-electron chi connectivity index (χ3n) is 5.92. The van der Waals surface area contributed by atoms with E-state index in [9.17, 15) is 0 Å². The fraction of sp³-hybridized carbons (Fsp3) is 1.00. The summed E-state index contributed by atoms with van der Waals surface area (Å²) in [6.07, 6.45) is 13.2. The molecule has 1 saturated carbocycles. The highest BCUT2D eigenvalue weighted by molar-refractivity contribution is 4.89. The summed E-state index contributed by atoms with van der Waals surface area (Å²) in [6.45, 7) is 12.1. The second-order valence-electron chi connectivity index (χ2n) is 8.19. The first kappa shape index (κ1) is 17.3. The Kier molecular flexibility index (Phi) is 7.01. The van der Waals surface area contributed by atoms with E-state index in [1.54, 1.807) is 0 Å². The first-order valence-electron chi connectivity index (χ1n) is 9.56. The molecule has 1 heterocycles. The molecule has 2 rings (SSSR count). The van der Waals surface area contributed by atoms with E-state index in [1.165, 1.54) is 84.0 Å². The largest absolute Gasteiger partial charge is 0.316 e. The summed E-state index contributed by atoms with van der Waals surface area (Å²) in [4.78, 5) is 2.77. The van der Waals surface area contributed by atoms with Crippen LogP contribution in [0.15, 0.2) is 0 Å². The molecular formula is C19H38N2. The van der Waals surface area contributed by atoms with E-state index >= 15 is 0 Å². The van der Waals surface area contributed by atoms with E-state index in [-0.39, 0.29) is 0 Å². The molecule has 21 heavy (non-hydrogen) atoms. The Morgan fingerprint density at radius 3 is 2.24 bits per heavy atom. The maximum Gasteiger partial charge on any atom is 0.00674 e. The van der Waals surface area contributed by atoms with Crippen molar-refractivity contribution in [3.8, 4) is 0 Å². The molecule has 0 aromatic heterocycles. The number of rotatable bonds is 7. The summed E-state index contributed by atoms with van der Waals surface area (Å²) in [5.74, 6) is 0.774. The number of piperidine rings is 1. The van der Waals surface area contributed by atoms with Crippen molar-refractivity contribution in [1.82, 2.24) is 10.2 Å². The van der Waals surface area contributed by atoms with Gasteiger partial charge in [0.05, 0.1) is 0 Å². The molecule has 0 radical (unpaired) electrons. The molecule has 0 aromatic rings. The zero-order valence-corrected chi connectivity index (χ0v) is 14.8. The summed E-state index contributed by atoms with van der Waals surface area (Å²) in [5, 5.41) is 3.57. The predicted molar refractivity (Wildman–Crippen MR) is 92.7 cm³/mol. The van der Waals surface area contributed by atoms with Crippen molar-refractivity contribution in [2.75, 3.05) is 26.2 Å². The molecule has 2 heteroatoms. The Labute approximate surface area is 133 Å². The third kappa shape index (κ3) is 5.56. The standard InChI is InChI=1S/C19H38N2/c1-17(2)16-20-13-7-8-18(3)21-14-11-19(12-15-21)9-5-4-6-10-19/h17-18,20H,4-16H2,1-3H3. The van der Waals surface area contributed by atoms with Gasteiger partial charge in [-0.3, -0.25) is 0 Å². The fourth-order valence-electron chi connectivity index (χ4n) is 4.34. The number of nitrogens with one attached hydrogen (secondary N) is 1. The highest BCUT2D eigenvalue weighted by Gasteiger charge is 2.36. The van der Waals surface area contributed by atoms with Crippen molar-refractivity contribution < 1.29 is 0 Å². The number of hydrogen-bond donors (Lipinski definition) is 1. The summed E-state index contributed by atoms with van der Waals surface area (Å²) >= 11 is 0. The molecule has 0 bridgehead atoms. The zero-order valence-electron chi connectivity index (χ0n) is 14.8. The molecule has 124 valence electrons. The zero-order chi connectivity index (χ0) is 15.1. The lowest BCUT2D eigenvalue weighted by Gasteiger charge is -2.46. The van der Waals surface area contributed by atoms with Crippen LogP contribution in [0.5, 0.6) is 0 Å². The van der Waals surface area contributed by atoms with Gasteiger partial charge in [-0.15, -0.1) is 0 Å². The van der Waals surface area contributed by atoms with Crippen LogP contribution in [0.2, 0.25) is 0 Å². The van der Waals surface area contributed by atoms with Crippen LogP contribution in [0.3, 0.4) is 0 Å². The van der Waals surface area contributed by atoms with Gasteiger partial charge in [0.2, 0.25) is 0 Å². The van der Waals surface area contributed by atoms with E-state index in [4.69, 9.17) is 0 Å². The Hall–Kier alpha value is -0.0800. The number of hydrogen-bond acceptors (Lipinski definition) is 2. The van der Waals surface area contributed by atoms with Crippen LogP contribution in [-0.4, -0.2) is 37.1 Å². The Balaban J connectivity index is 1.60. The van der Waals surface area contributed by atoms with Crippen LogP contribution in [-0.2, 0) is 0 Å². The van der Waals surface area contributed by atoms with Gasteiger partial charge < -0.3 is 10.2 Å². The van der Waals surface area contributed by atoms with Gasteiger partial charge in [0, 0.05) is 6.04 Å². The second-order valence-corrected chi connectivity index (χ2v) is 8.19. The van der Waals surface area contributed by atoms with Crippen molar-refractivity contribution >= 4 is 0 Å². The molecular weight excluding hydrogens is 256 g/mol. The van der Waals surface area contributed by atoms with Gasteiger partial charge in [-0.05, 0) is 83.0 Å². The molecule has 1 unspecified atom stereocenters. The highest BCUT2D eigenvalue weighted by Crippen LogP contribution is 2.44. The van der Waals surface area contributed by atoms with Gasteiger partial charge in [0.25, 0.3) is 0 Å². The fourth-order valence-corrected chi connectivity index (χ4v) is 4.34. The molecule has 2 fully saturated rings. The lowest BCUT2D eigenvalue weighted by atomic mass is 9.68. The minimum absolute atomic E-state index is 0.757. The summed E-state index contributed by atoms with van der Waals surface area (Å²) in [5.41, 5.74) is 0.757. The third-order valence-corrected chi connectivity index (χ3v) is 5.92. The van der Waals surface area contributed by atoms with Crippen LogP contribution in [0.1, 0.15) is 78.6 Å². The van der Waals surface area contributed by atoms with Gasteiger partial charge in [-0.1, -0.05) is 33.1 Å². The van der Waals surface area contributed by atoms with Crippen molar-refractivity contribution in [3.05, 3.63) is 0 Å². The van der Waals surface area contributed by atoms with E-state index in [0.717, 1.165) is 17.4 Å². The molecule has 0 aromatic carbocycles. The van der Waals surface area contributed by atoms with Crippen molar-refractivity contribution in [2.24, 2.45) is 11.3 Å². The minimum Gasteiger partial charge on any atom is -0.316 e. The average Bonchev–Trinajstić information content (AvgIpc) is 2.48. The molecule has 1 atom stereocenters. The number of nitrogens with zero attached hydrogens (tertiary/aromatic N) is 1. The molecule has 1 saturated heterocycles. The van der Waals surface area contributed by atoms with E-state index in [2.05, 4.69) is 31.0 Å². The maximum atomic E-state index is 3.57. The maximum absolute atomic E-state index is 3.57. The van der Waals surface area contributed by atoms with Crippen molar-refractivity contribution in [3.63, 3.8) is 0 Å². The van der Waals surface area contributed by atoms with Gasteiger partial charge in [0.15, 0.2) is 0 Å². The van der Waals surface area contributed by atoms with Crippen LogP contribution in [0, 0.1) is 11.3 Å².